The second-order valence-electron chi connectivity index (χ2n) is 5.35. The Bertz CT molecular complexity index is 147. The molecular formula is C14H29N. The summed E-state index contributed by atoms with van der Waals surface area (Å²) in [6, 6.07) is 0.495. The Hall–Kier alpha value is -0.0400. The standard InChI is InChI=1S/C14H29N/c1-3-5-6-7-14(15)13-10-8-12(4-2)9-11-13/h12-14H,3-11,15H2,1-2H3. The SMILES string of the molecule is CCCCCC(N)C1CCC(CC)CC1. The number of hydrogen-bond donors (Lipinski definition) is 1. The zero-order chi connectivity index (χ0) is 11.1. The second kappa shape index (κ2) is 7.27. The van der Waals surface area contributed by atoms with E-state index in [1.54, 1.807) is 0 Å². The second-order valence-corrected chi connectivity index (χ2v) is 5.35. The van der Waals surface area contributed by atoms with Gasteiger partial charge in [-0.1, -0.05) is 52.4 Å². The first-order valence-corrected chi connectivity index (χ1v) is 7.03. The molecule has 0 aromatic rings. The molecule has 1 unspecified atom stereocenters. The highest BCUT2D eigenvalue weighted by Gasteiger charge is 2.24. The Morgan fingerprint density at radius 2 is 1.73 bits per heavy atom. The summed E-state index contributed by atoms with van der Waals surface area (Å²) in [6.07, 6.45) is 12.3. The number of rotatable bonds is 6. The van der Waals surface area contributed by atoms with Gasteiger partial charge in [-0.15, -0.1) is 0 Å². The summed E-state index contributed by atoms with van der Waals surface area (Å²) in [5.74, 6) is 1.84. The Morgan fingerprint density at radius 3 is 2.27 bits per heavy atom. The van der Waals surface area contributed by atoms with E-state index in [-0.39, 0.29) is 0 Å². The first-order chi connectivity index (χ1) is 7.27. The van der Waals surface area contributed by atoms with Crippen LogP contribution in [-0.4, -0.2) is 6.04 Å². The third-order valence-electron chi connectivity index (χ3n) is 4.22. The van der Waals surface area contributed by atoms with Gasteiger partial charge < -0.3 is 5.73 Å². The lowest BCUT2D eigenvalue weighted by Gasteiger charge is -2.31. The van der Waals surface area contributed by atoms with Crippen molar-refractivity contribution in [1.82, 2.24) is 0 Å². The van der Waals surface area contributed by atoms with Crippen molar-refractivity contribution in [2.45, 2.75) is 77.7 Å². The van der Waals surface area contributed by atoms with Crippen LogP contribution in [-0.2, 0) is 0 Å². The molecule has 0 aromatic carbocycles. The van der Waals surface area contributed by atoms with Gasteiger partial charge in [0.15, 0.2) is 0 Å². The number of nitrogens with two attached hydrogens (primary N) is 1. The minimum absolute atomic E-state index is 0.495. The quantitative estimate of drug-likeness (QED) is 0.657. The summed E-state index contributed by atoms with van der Waals surface area (Å²) < 4.78 is 0. The maximum Gasteiger partial charge on any atom is 0.00671 e. The molecule has 0 bridgehead atoms. The van der Waals surface area contributed by atoms with Crippen molar-refractivity contribution >= 4 is 0 Å². The molecule has 1 atom stereocenters. The lowest BCUT2D eigenvalue weighted by Crippen LogP contribution is -2.32. The van der Waals surface area contributed by atoms with Crippen molar-refractivity contribution in [3.63, 3.8) is 0 Å². The van der Waals surface area contributed by atoms with E-state index in [9.17, 15) is 0 Å². The van der Waals surface area contributed by atoms with E-state index >= 15 is 0 Å². The maximum atomic E-state index is 6.28. The van der Waals surface area contributed by atoms with Crippen LogP contribution in [0.15, 0.2) is 0 Å². The van der Waals surface area contributed by atoms with E-state index in [4.69, 9.17) is 5.73 Å². The fourth-order valence-electron chi connectivity index (χ4n) is 2.89. The number of hydrogen-bond acceptors (Lipinski definition) is 1. The van der Waals surface area contributed by atoms with Gasteiger partial charge in [0.05, 0.1) is 0 Å². The predicted octanol–water partition coefficient (Wildman–Crippen LogP) is 4.11. The highest BCUT2D eigenvalue weighted by molar-refractivity contribution is 4.79. The van der Waals surface area contributed by atoms with E-state index < -0.39 is 0 Å². The van der Waals surface area contributed by atoms with Crippen LogP contribution in [0.25, 0.3) is 0 Å². The van der Waals surface area contributed by atoms with Crippen LogP contribution in [0.4, 0.5) is 0 Å². The van der Waals surface area contributed by atoms with Crippen molar-refractivity contribution < 1.29 is 0 Å². The molecule has 90 valence electrons. The van der Waals surface area contributed by atoms with E-state index in [1.807, 2.05) is 0 Å². The zero-order valence-electron chi connectivity index (χ0n) is 10.7. The molecule has 1 saturated carbocycles. The lowest BCUT2D eigenvalue weighted by atomic mass is 9.77. The molecular weight excluding hydrogens is 182 g/mol. The van der Waals surface area contributed by atoms with Crippen molar-refractivity contribution in [1.29, 1.82) is 0 Å². The summed E-state index contributed by atoms with van der Waals surface area (Å²) in [6.45, 7) is 4.59. The summed E-state index contributed by atoms with van der Waals surface area (Å²) in [5, 5.41) is 0. The van der Waals surface area contributed by atoms with Crippen molar-refractivity contribution in [3.05, 3.63) is 0 Å². The molecule has 0 heterocycles. The van der Waals surface area contributed by atoms with Crippen molar-refractivity contribution in [3.8, 4) is 0 Å². The van der Waals surface area contributed by atoms with Crippen LogP contribution in [0, 0.1) is 11.8 Å². The molecule has 0 aliphatic heterocycles. The topological polar surface area (TPSA) is 26.0 Å². The van der Waals surface area contributed by atoms with Gasteiger partial charge in [0.25, 0.3) is 0 Å². The molecule has 1 aliphatic rings. The van der Waals surface area contributed by atoms with Crippen LogP contribution < -0.4 is 5.73 Å². The minimum atomic E-state index is 0.495. The summed E-state index contributed by atoms with van der Waals surface area (Å²) in [5.41, 5.74) is 6.28. The third-order valence-corrected chi connectivity index (χ3v) is 4.22. The largest absolute Gasteiger partial charge is 0.327 e. The first kappa shape index (κ1) is 13.0. The van der Waals surface area contributed by atoms with E-state index in [0.29, 0.717) is 6.04 Å². The van der Waals surface area contributed by atoms with Gasteiger partial charge in [0.2, 0.25) is 0 Å². The van der Waals surface area contributed by atoms with Crippen LogP contribution in [0.3, 0.4) is 0 Å². The Balaban J connectivity index is 2.15. The summed E-state index contributed by atoms with van der Waals surface area (Å²) >= 11 is 0. The maximum absolute atomic E-state index is 6.28. The molecule has 1 aliphatic carbocycles. The minimum Gasteiger partial charge on any atom is -0.327 e. The fourth-order valence-corrected chi connectivity index (χ4v) is 2.89. The monoisotopic (exact) mass is 211 g/mol. The normalized spacial score (nSPS) is 29.0. The van der Waals surface area contributed by atoms with Gasteiger partial charge in [-0.25, -0.2) is 0 Å². The van der Waals surface area contributed by atoms with Gasteiger partial charge in [-0.2, -0.15) is 0 Å². The highest BCUT2D eigenvalue weighted by Crippen LogP contribution is 2.32. The van der Waals surface area contributed by atoms with Gasteiger partial charge in [0.1, 0.15) is 0 Å². The van der Waals surface area contributed by atoms with Gasteiger partial charge >= 0.3 is 0 Å². The zero-order valence-corrected chi connectivity index (χ0v) is 10.7. The number of unbranched alkanes of at least 4 members (excludes halogenated alkanes) is 2. The van der Waals surface area contributed by atoms with Crippen LogP contribution in [0.1, 0.15) is 71.6 Å². The molecule has 0 aromatic heterocycles. The average molecular weight is 211 g/mol. The van der Waals surface area contributed by atoms with Crippen LogP contribution >= 0.6 is 0 Å². The molecule has 0 radical (unpaired) electrons. The Kier molecular flexibility index (Phi) is 6.31. The Morgan fingerprint density at radius 1 is 1.07 bits per heavy atom. The average Bonchev–Trinajstić information content (AvgIpc) is 2.29. The fraction of sp³-hybridized carbons (Fsp3) is 1.00. The smallest absolute Gasteiger partial charge is 0.00671 e. The predicted molar refractivity (Wildman–Crippen MR) is 67.9 cm³/mol. The van der Waals surface area contributed by atoms with Crippen molar-refractivity contribution in [2.24, 2.45) is 17.6 Å². The molecule has 1 heteroatoms. The lowest BCUT2D eigenvalue weighted by molar-refractivity contribution is 0.231. The van der Waals surface area contributed by atoms with E-state index in [2.05, 4.69) is 13.8 Å². The molecule has 1 rings (SSSR count). The Labute approximate surface area is 95.8 Å². The molecule has 1 nitrogen and oxygen atoms in total. The summed E-state index contributed by atoms with van der Waals surface area (Å²) in [4.78, 5) is 0. The summed E-state index contributed by atoms with van der Waals surface area (Å²) in [7, 11) is 0. The molecule has 0 saturated heterocycles. The van der Waals surface area contributed by atoms with Gasteiger partial charge in [0, 0.05) is 6.04 Å². The molecule has 2 N–H and O–H groups in total. The van der Waals surface area contributed by atoms with Crippen LogP contribution in [0.2, 0.25) is 0 Å². The van der Waals surface area contributed by atoms with Gasteiger partial charge in [-0.05, 0) is 31.1 Å². The van der Waals surface area contributed by atoms with Gasteiger partial charge in [-0.3, -0.25) is 0 Å². The third kappa shape index (κ3) is 4.55. The molecule has 1 fully saturated rings. The first-order valence-electron chi connectivity index (χ1n) is 7.03. The molecule has 15 heavy (non-hydrogen) atoms. The highest BCUT2D eigenvalue weighted by atomic mass is 14.6. The molecule has 0 spiro atoms. The van der Waals surface area contributed by atoms with E-state index in [0.717, 1.165) is 11.8 Å². The molecule has 0 amide bonds. The van der Waals surface area contributed by atoms with Crippen LogP contribution in [0.5, 0.6) is 0 Å². The van der Waals surface area contributed by atoms with E-state index in [1.165, 1.54) is 57.8 Å². The van der Waals surface area contributed by atoms with Crippen molar-refractivity contribution in [2.75, 3.05) is 0 Å².